The van der Waals surface area contributed by atoms with Crippen molar-refractivity contribution < 1.29 is 4.74 Å². The molecule has 1 saturated heterocycles. The van der Waals surface area contributed by atoms with Crippen LogP contribution in [0.1, 0.15) is 18.4 Å². The van der Waals surface area contributed by atoms with Gasteiger partial charge in [-0.05, 0) is 30.5 Å². The predicted octanol–water partition coefficient (Wildman–Crippen LogP) is 3.07. The Hall–Kier alpha value is -0.220. The third-order valence-corrected chi connectivity index (χ3v) is 4.31. The molecule has 1 heterocycles. The van der Waals surface area contributed by atoms with E-state index in [1.165, 1.54) is 17.7 Å². The summed E-state index contributed by atoms with van der Waals surface area (Å²) in [4.78, 5) is 1.19. The van der Waals surface area contributed by atoms with Crippen LogP contribution < -0.4 is 5.73 Å². The van der Waals surface area contributed by atoms with Gasteiger partial charge in [0, 0.05) is 28.8 Å². The number of nitrogens with two attached hydrogens (primary N) is 1. The molecule has 0 radical (unpaired) electrons. The lowest BCUT2D eigenvalue weighted by molar-refractivity contribution is 0.129. The van der Waals surface area contributed by atoms with E-state index in [2.05, 4.69) is 6.07 Å². The number of benzene rings is 1. The fraction of sp³-hybridized carbons (Fsp3) is 0.500. The third-order valence-electron chi connectivity index (χ3n) is 2.73. The minimum absolute atomic E-state index is 0.398. The lowest BCUT2D eigenvalue weighted by Crippen LogP contribution is -2.08. The van der Waals surface area contributed by atoms with Crippen LogP contribution >= 0.6 is 23.4 Å². The molecule has 1 aromatic carbocycles. The van der Waals surface area contributed by atoms with E-state index in [4.69, 9.17) is 22.1 Å². The van der Waals surface area contributed by atoms with Crippen LogP contribution in [0.2, 0.25) is 5.02 Å². The van der Waals surface area contributed by atoms with E-state index in [0.717, 1.165) is 22.9 Å². The van der Waals surface area contributed by atoms with Gasteiger partial charge < -0.3 is 10.5 Å². The molecule has 2 N–H and O–H groups in total. The summed E-state index contributed by atoms with van der Waals surface area (Å²) >= 11 is 7.89. The quantitative estimate of drug-likeness (QED) is 0.842. The molecule has 2 rings (SSSR count). The first-order chi connectivity index (χ1) is 7.81. The van der Waals surface area contributed by atoms with Crippen LogP contribution in [-0.4, -0.2) is 18.5 Å². The molecule has 1 unspecified atom stereocenters. The smallest absolute Gasteiger partial charge is 0.0669 e. The Bertz CT molecular complexity index is 353. The van der Waals surface area contributed by atoms with Crippen LogP contribution in [0, 0.1) is 0 Å². The second-order valence-corrected chi connectivity index (χ2v) is 5.34. The SMILES string of the molecule is NCc1c(Cl)cccc1SCC1CCCO1. The number of halogens is 1. The van der Waals surface area contributed by atoms with Gasteiger partial charge in [0.25, 0.3) is 0 Å². The molecule has 2 nitrogen and oxygen atoms in total. The number of hydrogen-bond donors (Lipinski definition) is 1. The molecule has 1 aliphatic rings. The highest BCUT2D eigenvalue weighted by Crippen LogP contribution is 2.30. The first-order valence-corrected chi connectivity index (χ1v) is 6.89. The van der Waals surface area contributed by atoms with Crippen LogP contribution in [0.5, 0.6) is 0 Å². The number of hydrogen-bond acceptors (Lipinski definition) is 3. The minimum Gasteiger partial charge on any atom is -0.377 e. The van der Waals surface area contributed by atoms with E-state index < -0.39 is 0 Å². The monoisotopic (exact) mass is 257 g/mol. The molecule has 1 aromatic rings. The van der Waals surface area contributed by atoms with Gasteiger partial charge in [-0.25, -0.2) is 0 Å². The maximum Gasteiger partial charge on any atom is 0.0669 e. The van der Waals surface area contributed by atoms with Gasteiger partial charge in [0.15, 0.2) is 0 Å². The van der Waals surface area contributed by atoms with E-state index in [1.54, 1.807) is 11.8 Å². The molecule has 1 atom stereocenters. The fourth-order valence-corrected chi connectivity index (χ4v) is 3.31. The summed E-state index contributed by atoms with van der Waals surface area (Å²) in [6.45, 7) is 1.40. The molecule has 0 aliphatic carbocycles. The Labute approximate surface area is 105 Å². The van der Waals surface area contributed by atoms with E-state index in [-0.39, 0.29) is 0 Å². The van der Waals surface area contributed by atoms with E-state index in [0.29, 0.717) is 12.6 Å². The topological polar surface area (TPSA) is 35.2 Å². The Balaban J connectivity index is 2.00. The zero-order valence-electron chi connectivity index (χ0n) is 9.12. The first-order valence-electron chi connectivity index (χ1n) is 5.53. The zero-order valence-corrected chi connectivity index (χ0v) is 10.7. The standard InChI is InChI=1S/C12H16ClNOS/c13-11-4-1-5-12(10(11)7-14)16-8-9-3-2-6-15-9/h1,4-5,9H,2-3,6-8,14H2. The Morgan fingerprint density at radius 2 is 2.38 bits per heavy atom. The molecule has 16 heavy (non-hydrogen) atoms. The summed E-state index contributed by atoms with van der Waals surface area (Å²) in [6.07, 6.45) is 2.75. The molecule has 0 aromatic heterocycles. The molecule has 88 valence electrons. The van der Waals surface area contributed by atoms with Gasteiger partial charge in [-0.1, -0.05) is 17.7 Å². The highest BCUT2D eigenvalue weighted by molar-refractivity contribution is 7.99. The predicted molar refractivity (Wildman–Crippen MR) is 69.0 cm³/mol. The van der Waals surface area contributed by atoms with E-state index in [1.807, 2.05) is 12.1 Å². The Morgan fingerprint density at radius 3 is 3.06 bits per heavy atom. The van der Waals surface area contributed by atoms with Gasteiger partial charge in [0.2, 0.25) is 0 Å². The van der Waals surface area contributed by atoms with Crippen molar-refractivity contribution in [3.05, 3.63) is 28.8 Å². The van der Waals surface area contributed by atoms with Crippen molar-refractivity contribution in [3.8, 4) is 0 Å². The van der Waals surface area contributed by atoms with Crippen LogP contribution in [0.3, 0.4) is 0 Å². The fourth-order valence-electron chi connectivity index (χ4n) is 1.83. The molecule has 4 heteroatoms. The maximum absolute atomic E-state index is 6.10. The molecule has 1 aliphatic heterocycles. The second kappa shape index (κ2) is 5.92. The summed E-state index contributed by atoms with van der Waals surface area (Å²) < 4.78 is 5.59. The lowest BCUT2D eigenvalue weighted by atomic mass is 10.2. The van der Waals surface area contributed by atoms with Crippen LogP contribution in [-0.2, 0) is 11.3 Å². The van der Waals surface area contributed by atoms with Gasteiger partial charge in [-0.15, -0.1) is 11.8 Å². The average Bonchev–Trinajstić information content (AvgIpc) is 2.79. The van der Waals surface area contributed by atoms with Crippen molar-refractivity contribution in [3.63, 3.8) is 0 Å². The molecule has 0 bridgehead atoms. The van der Waals surface area contributed by atoms with E-state index >= 15 is 0 Å². The van der Waals surface area contributed by atoms with Gasteiger partial charge >= 0.3 is 0 Å². The molecular formula is C12H16ClNOS. The molecule has 0 saturated carbocycles. The average molecular weight is 258 g/mol. The minimum atomic E-state index is 0.398. The summed E-state index contributed by atoms with van der Waals surface area (Å²) in [5.74, 6) is 0.993. The first kappa shape index (κ1) is 12.2. The van der Waals surface area contributed by atoms with Crippen molar-refractivity contribution in [2.45, 2.75) is 30.4 Å². The van der Waals surface area contributed by atoms with Crippen LogP contribution in [0.15, 0.2) is 23.1 Å². The van der Waals surface area contributed by atoms with Crippen molar-refractivity contribution in [1.29, 1.82) is 0 Å². The molecule has 0 amide bonds. The van der Waals surface area contributed by atoms with Crippen LogP contribution in [0.25, 0.3) is 0 Å². The van der Waals surface area contributed by atoms with Gasteiger partial charge in [0.1, 0.15) is 0 Å². The van der Waals surface area contributed by atoms with Gasteiger partial charge in [-0.2, -0.15) is 0 Å². The van der Waals surface area contributed by atoms with Crippen molar-refractivity contribution >= 4 is 23.4 Å². The largest absolute Gasteiger partial charge is 0.377 e. The summed E-state index contributed by atoms with van der Waals surface area (Å²) in [6, 6.07) is 5.94. The Morgan fingerprint density at radius 1 is 1.50 bits per heavy atom. The highest BCUT2D eigenvalue weighted by atomic mass is 35.5. The highest BCUT2D eigenvalue weighted by Gasteiger charge is 2.16. The normalized spacial score (nSPS) is 20.2. The number of rotatable bonds is 4. The van der Waals surface area contributed by atoms with Crippen LogP contribution in [0.4, 0.5) is 0 Å². The van der Waals surface area contributed by atoms with Crippen molar-refractivity contribution in [2.24, 2.45) is 5.73 Å². The van der Waals surface area contributed by atoms with Crippen molar-refractivity contribution in [2.75, 3.05) is 12.4 Å². The molecule has 1 fully saturated rings. The summed E-state index contributed by atoms with van der Waals surface area (Å²) in [5.41, 5.74) is 6.75. The Kier molecular flexibility index (Phi) is 4.53. The summed E-state index contributed by atoms with van der Waals surface area (Å²) in [7, 11) is 0. The summed E-state index contributed by atoms with van der Waals surface area (Å²) in [5, 5.41) is 0.764. The lowest BCUT2D eigenvalue weighted by Gasteiger charge is -2.12. The van der Waals surface area contributed by atoms with Gasteiger partial charge in [-0.3, -0.25) is 0 Å². The second-order valence-electron chi connectivity index (χ2n) is 3.87. The van der Waals surface area contributed by atoms with E-state index in [9.17, 15) is 0 Å². The van der Waals surface area contributed by atoms with Crippen molar-refractivity contribution in [1.82, 2.24) is 0 Å². The number of ether oxygens (including phenoxy) is 1. The zero-order chi connectivity index (χ0) is 11.4. The maximum atomic E-state index is 6.10. The number of thioether (sulfide) groups is 1. The molecule has 0 spiro atoms. The molecular weight excluding hydrogens is 242 g/mol. The van der Waals surface area contributed by atoms with Gasteiger partial charge in [0.05, 0.1) is 6.10 Å². The third kappa shape index (κ3) is 2.92.